The second-order valence-electron chi connectivity index (χ2n) is 5.66. The van der Waals surface area contributed by atoms with E-state index < -0.39 is 0 Å². The van der Waals surface area contributed by atoms with E-state index in [9.17, 15) is 0 Å². The maximum atomic E-state index is 5.85. The number of morpholine rings is 1. The quantitative estimate of drug-likeness (QED) is 0.551. The predicted molar refractivity (Wildman–Crippen MR) is 91.0 cm³/mol. The summed E-state index contributed by atoms with van der Waals surface area (Å²) in [5.41, 5.74) is 0. The van der Waals surface area contributed by atoms with Gasteiger partial charge in [-0.15, -0.1) is 0 Å². The highest BCUT2D eigenvalue weighted by Gasteiger charge is 2.24. The van der Waals surface area contributed by atoms with E-state index in [0.29, 0.717) is 13.2 Å². The first-order chi connectivity index (χ1) is 10.7. The Labute approximate surface area is 144 Å². The van der Waals surface area contributed by atoms with Crippen LogP contribution in [0.2, 0.25) is 0 Å². The van der Waals surface area contributed by atoms with E-state index in [0.717, 1.165) is 47.9 Å². The summed E-state index contributed by atoms with van der Waals surface area (Å²) >= 11 is 2.23. The van der Waals surface area contributed by atoms with Gasteiger partial charge in [-0.1, -0.05) is 0 Å². The number of aromatic nitrogens is 2. The number of anilines is 1. The Morgan fingerprint density at radius 3 is 3.00 bits per heavy atom. The lowest BCUT2D eigenvalue weighted by Gasteiger charge is -2.34. The molecule has 22 heavy (non-hydrogen) atoms. The lowest BCUT2D eigenvalue weighted by Crippen LogP contribution is -2.45. The van der Waals surface area contributed by atoms with Gasteiger partial charge >= 0.3 is 0 Å². The van der Waals surface area contributed by atoms with E-state index >= 15 is 0 Å². The minimum absolute atomic E-state index is 0.0602. The molecule has 3 rings (SSSR count). The van der Waals surface area contributed by atoms with Crippen LogP contribution in [-0.2, 0) is 14.2 Å². The third kappa shape index (κ3) is 4.50. The average molecular weight is 419 g/mol. The maximum Gasteiger partial charge on any atom is 0.157 e. The molecule has 2 unspecified atom stereocenters. The molecule has 0 saturated carbocycles. The third-order valence-electron chi connectivity index (χ3n) is 3.86. The fourth-order valence-electron chi connectivity index (χ4n) is 2.76. The van der Waals surface area contributed by atoms with E-state index in [1.54, 1.807) is 0 Å². The molecule has 2 aliphatic heterocycles. The van der Waals surface area contributed by atoms with Crippen LogP contribution in [0.15, 0.2) is 6.07 Å². The molecule has 7 heteroatoms. The van der Waals surface area contributed by atoms with Gasteiger partial charge in [-0.3, -0.25) is 0 Å². The molecule has 2 fully saturated rings. The Hall–Kier alpha value is -0.510. The highest BCUT2D eigenvalue weighted by atomic mass is 127. The van der Waals surface area contributed by atoms with E-state index in [-0.39, 0.29) is 12.4 Å². The van der Waals surface area contributed by atoms with Crippen LogP contribution in [0.3, 0.4) is 0 Å². The summed E-state index contributed by atoms with van der Waals surface area (Å²) in [5, 5.41) is 0. The van der Waals surface area contributed by atoms with Gasteiger partial charge in [0.05, 0.1) is 19.3 Å². The van der Waals surface area contributed by atoms with Crippen molar-refractivity contribution < 1.29 is 14.2 Å². The average Bonchev–Trinajstić information content (AvgIpc) is 2.53. The van der Waals surface area contributed by atoms with Gasteiger partial charge in [0, 0.05) is 25.8 Å². The zero-order chi connectivity index (χ0) is 15.4. The van der Waals surface area contributed by atoms with Crippen molar-refractivity contribution in [3.8, 4) is 0 Å². The normalized spacial score (nSPS) is 26.2. The summed E-state index contributed by atoms with van der Waals surface area (Å²) in [7, 11) is 0. The minimum Gasteiger partial charge on any atom is -0.372 e. The number of aryl methyl sites for hydroxylation is 1. The number of halogens is 1. The molecule has 1 aromatic heterocycles. The Bertz CT molecular complexity index is 477. The SMILES string of the molecule is Cc1nc(I)cc(N2CCOC(COC3CCCCO3)C2)n1. The molecule has 0 amide bonds. The molecule has 3 heterocycles. The molecule has 0 aliphatic carbocycles. The van der Waals surface area contributed by atoms with Gasteiger partial charge < -0.3 is 19.1 Å². The zero-order valence-electron chi connectivity index (χ0n) is 12.8. The van der Waals surface area contributed by atoms with Crippen molar-refractivity contribution in [2.24, 2.45) is 0 Å². The fraction of sp³-hybridized carbons (Fsp3) is 0.733. The van der Waals surface area contributed by atoms with Crippen molar-refractivity contribution in [1.82, 2.24) is 9.97 Å². The summed E-state index contributed by atoms with van der Waals surface area (Å²) in [5.74, 6) is 1.77. The summed E-state index contributed by atoms with van der Waals surface area (Å²) in [6.07, 6.45) is 3.31. The van der Waals surface area contributed by atoms with Crippen LogP contribution in [0.1, 0.15) is 25.1 Å². The highest BCUT2D eigenvalue weighted by Crippen LogP contribution is 2.19. The Morgan fingerprint density at radius 2 is 2.23 bits per heavy atom. The Balaban J connectivity index is 1.54. The molecule has 0 radical (unpaired) electrons. The largest absolute Gasteiger partial charge is 0.372 e. The number of ether oxygens (including phenoxy) is 3. The first kappa shape index (κ1) is 16.4. The molecule has 122 valence electrons. The van der Waals surface area contributed by atoms with Crippen molar-refractivity contribution in [2.45, 2.75) is 38.6 Å². The molecule has 2 saturated heterocycles. The number of hydrogen-bond acceptors (Lipinski definition) is 6. The van der Waals surface area contributed by atoms with Crippen LogP contribution in [0.25, 0.3) is 0 Å². The van der Waals surface area contributed by atoms with Gasteiger partial charge in [-0.05, 0) is 48.8 Å². The van der Waals surface area contributed by atoms with E-state index in [1.807, 2.05) is 13.0 Å². The van der Waals surface area contributed by atoms with Crippen LogP contribution in [-0.4, -0.2) is 55.3 Å². The second kappa shape index (κ2) is 7.85. The molecule has 0 aromatic carbocycles. The lowest BCUT2D eigenvalue weighted by molar-refractivity contribution is -0.180. The molecule has 2 aliphatic rings. The van der Waals surface area contributed by atoms with E-state index in [1.165, 1.54) is 6.42 Å². The number of hydrogen-bond donors (Lipinski definition) is 0. The van der Waals surface area contributed by atoms with Crippen LogP contribution in [0.4, 0.5) is 5.82 Å². The van der Waals surface area contributed by atoms with Crippen molar-refractivity contribution in [3.05, 3.63) is 15.6 Å². The molecule has 0 N–H and O–H groups in total. The summed E-state index contributed by atoms with van der Waals surface area (Å²) < 4.78 is 18.2. The Kier molecular flexibility index (Phi) is 5.83. The molecular weight excluding hydrogens is 397 g/mol. The lowest BCUT2D eigenvalue weighted by atomic mass is 10.2. The number of nitrogens with zero attached hydrogens (tertiary/aromatic N) is 3. The molecule has 0 bridgehead atoms. The molecule has 6 nitrogen and oxygen atoms in total. The summed E-state index contributed by atoms with van der Waals surface area (Å²) in [4.78, 5) is 11.1. The van der Waals surface area contributed by atoms with Gasteiger partial charge in [0.25, 0.3) is 0 Å². The smallest absolute Gasteiger partial charge is 0.157 e. The van der Waals surface area contributed by atoms with Crippen molar-refractivity contribution in [3.63, 3.8) is 0 Å². The van der Waals surface area contributed by atoms with Gasteiger partial charge in [-0.2, -0.15) is 0 Å². The molecular formula is C15H22IN3O3. The van der Waals surface area contributed by atoms with E-state index in [4.69, 9.17) is 14.2 Å². The van der Waals surface area contributed by atoms with Crippen molar-refractivity contribution in [1.29, 1.82) is 0 Å². The number of rotatable bonds is 4. The van der Waals surface area contributed by atoms with Crippen LogP contribution in [0.5, 0.6) is 0 Å². The Morgan fingerprint density at radius 1 is 1.32 bits per heavy atom. The first-order valence-corrected chi connectivity index (χ1v) is 8.89. The van der Waals surface area contributed by atoms with Crippen molar-refractivity contribution in [2.75, 3.05) is 37.8 Å². The van der Waals surface area contributed by atoms with Gasteiger partial charge in [0.15, 0.2) is 6.29 Å². The summed E-state index contributed by atoms with van der Waals surface area (Å²) in [6, 6.07) is 2.01. The van der Waals surface area contributed by atoms with Crippen molar-refractivity contribution >= 4 is 28.4 Å². The molecule has 1 aromatic rings. The van der Waals surface area contributed by atoms with Gasteiger partial charge in [0.2, 0.25) is 0 Å². The first-order valence-electron chi connectivity index (χ1n) is 7.81. The summed E-state index contributed by atoms with van der Waals surface area (Å²) in [6.45, 7) is 5.64. The minimum atomic E-state index is -0.0602. The van der Waals surface area contributed by atoms with E-state index in [2.05, 4.69) is 37.5 Å². The molecule has 0 spiro atoms. The monoisotopic (exact) mass is 419 g/mol. The van der Waals surface area contributed by atoms with Gasteiger partial charge in [-0.25, -0.2) is 9.97 Å². The third-order valence-corrected chi connectivity index (χ3v) is 4.41. The van der Waals surface area contributed by atoms with Crippen LogP contribution >= 0.6 is 22.6 Å². The zero-order valence-corrected chi connectivity index (χ0v) is 15.0. The standard InChI is InChI=1S/C15H22IN3O3/c1-11-17-13(16)8-14(18-11)19-5-7-20-12(9-19)10-22-15-4-2-3-6-21-15/h8,12,15H,2-7,9-10H2,1H3. The molecule has 2 atom stereocenters. The fourth-order valence-corrected chi connectivity index (χ4v) is 3.39. The van der Waals surface area contributed by atoms with Gasteiger partial charge in [0.1, 0.15) is 15.3 Å². The second-order valence-corrected chi connectivity index (χ2v) is 6.77. The highest BCUT2D eigenvalue weighted by molar-refractivity contribution is 14.1. The van der Waals surface area contributed by atoms with Crippen LogP contribution in [0, 0.1) is 10.6 Å². The topological polar surface area (TPSA) is 56.7 Å². The predicted octanol–water partition coefficient (Wildman–Crippen LogP) is 2.14. The maximum absolute atomic E-state index is 5.85. The van der Waals surface area contributed by atoms with Crippen LogP contribution < -0.4 is 4.90 Å².